The zero-order chi connectivity index (χ0) is 13.9. The summed E-state index contributed by atoms with van der Waals surface area (Å²) in [6.45, 7) is 6.41. The fourth-order valence-electron chi connectivity index (χ4n) is 2.40. The van der Waals surface area contributed by atoms with Gasteiger partial charge in [0.05, 0.1) is 6.54 Å². The molecule has 0 bridgehead atoms. The molecule has 0 aliphatic carbocycles. The first kappa shape index (κ1) is 12.9. The molecule has 0 saturated carbocycles. The maximum atomic E-state index is 5.02. The number of nitrogens with one attached hydrogen (secondary N) is 1. The summed E-state index contributed by atoms with van der Waals surface area (Å²) in [7, 11) is 0. The second-order valence-electron chi connectivity index (χ2n) is 4.80. The summed E-state index contributed by atoms with van der Waals surface area (Å²) in [6.07, 6.45) is 2.08. The molecule has 2 heterocycles. The first-order chi connectivity index (χ1) is 9.78. The van der Waals surface area contributed by atoms with E-state index < -0.39 is 0 Å². The van der Waals surface area contributed by atoms with Crippen molar-refractivity contribution >= 4 is 10.9 Å². The summed E-state index contributed by atoms with van der Waals surface area (Å²) < 4.78 is 7.17. The van der Waals surface area contributed by atoms with Crippen molar-refractivity contribution in [3.8, 4) is 0 Å². The Morgan fingerprint density at radius 3 is 2.95 bits per heavy atom. The second-order valence-corrected chi connectivity index (χ2v) is 4.80. The van der Waals surface area contributed by atoms with Crippen molar-refractivity contribution in [1.82, 2.24) is 20.0 Å². The number of rotatable bonds is 5. The fraction of sp³-hybridized carbons (Fsp3) is 0.333. The van der Waals surface area contributed by atoms with Gasteiger partial charge in [-0.3, -0.25) is 0 Å². The van der Waals surface area contributed by atoms with E-state index in [0.717, 1.165) is 13.1 Å². The summed E-state index contributed by atoms with van der Waals surface area (Å²) >= 11 is 0. The van der Waals surface area contributed by atoms with Gasteiger partial charge >= 0.3 is 0 Å². The van der Waals surface area contributed by atoms with Crippen molar-refractivity contribution in [3.63, 3.8) is 0 Å². The largest absolute Gasteiger partial charge is 0.340 e. The normalized spacial score (nSPS) is 11.3. The van der Waals surface area contributed by atoms with Crippen molar-refractivity contribution in [1.29, 1.82) is 0 Å². The second kappa shape index (κ2) is 5.46. The molecule has 0 unspecified atom stereocenters. The minimum atomic E-state index is 0.601. The molecule has 0 fully saturated rings. The first-order valence-electron chi connectivity index (χ1n) is 6.84. The average molecular weight is 270 g/mol. The summed E-state index contributed by atoms with van der Waals surface area (Å²) in [5.74, 6) is 1.31. The monoisotopic (exact) mass is 270 g/mol. The minimum absolute atomic E-state index is 0.601. The number of nitrogens with zero attached hydrogens (tertiary/aromatic N) is 3. The fourth-order valence-corrected chi connectivity index (χ4v) is 2.40. The molecule has 0 aliphatic rings. The number of benzene rings is 1. The summed E-state index contributed by atoms with van der Waals surface area (Å²) in [4.78, 5) is 4.25. The lowest BCUT2D eigenvalue weighted by atomic mass is 10.1. The maximum Gasteiger partial charge on any atom is 0.223 e. The third-order valence-electron chi connectivity index (χ3n) is 3.35. The van der Waals surface area contributed by atoms with Crippen LogP contribution in [0, 0.1) is 6.92 Å². The van der Waals surface area contributed by atoms with E-state index in [9.17, 15) is 0 Å². The highest BCUT2D eigenvalue weighted by Gasteiger charge is 2.08. The van der Waals surface area contributed by atoms with E-state index in [4.69, 9.17) is 4.52 Å². The van der Waals surface area contributed by atoms with Crippen LogP contribution in [0.25, 0.3) is 10.9 Å². The molecule has 3 aromatic rings. The molecular formula is C15H18N4O. The van der Waals surface area contributed by atoms with Crippen molar-refractivity contribution < 1.29 is 4.52 Å². The molecule has 0 atom stereocenters. The van der Waals surface area contributed by atoms with Gasteiger partial charge in [0.2, 0.25) is 5.89 Å². The number of hydrogen-bond acceptors (Lipinski definition) is 4. The number of aryl methyl sites for hydroxylation is 1. The summed E-state index contributed by atoms with van der Waals surface area (Å²) in [5.41, 5.74) is 2.51. The van der Waals surface area contributed by atoms with E-state index in [1.165, 1.54) is 16.5 Å². The number of fused-ring (bicyclic) bond motifs is 1. The average Bonchev–Trinajstić information content (AvgIpc) is 3.04. The molecular weight excluding hydrogens is 252 g/mol. The Balaban J connectivity index is 1.92. The third kappa shape index (κ3) is 2.44. The van der Waals surface area contributed by atoms with E-state index in [2.05, 4.69) is 57.4 Å². The number of hydrogen-bond donors (Lipinski definition) is 1. The highest BCUT2D eigenvalue weighted by molar-refractivity contribution is 5.83. The lowest BCUT2D eigenvalue weighted by Gasteiger charge is -2.06. The Morgan fingerprint density at radius 1 is 1.30 bits per heavy atom. The standard InChI is InChI=1S/C15H18N4O/c1-3-16-9-12-5-4-6-14-13(12)7-8-19(14)10-15-17-11(2)20-18-15/h4-8,16H,3,9-10H2,1-2H3. The molecule has 1 aromatic carbocycles. The molecule has 5 heteroatoms. The van der Waals surface area contributed by atoms with Gasteiger partial charge in [-0.25, -0.2) is 0 Å². The zero-order valence-corrected chi connectivity index (χ0v) is 11.8. The first-order valence-corrected chi connectivity index (χ1v) is 6.84. The lowest BCUT2D eigenvalue weighted by molar-refractivity contribution is 0.386. The molecule has 5 nitrogen and oxygen atoms in total. The van der Waals surface area contributed by atoms with Gasteiger partial charge in [-0.1, -0.05) is 24.2 Å². The Labute approximate surface area is 117 Å². The molecule has 1 N–H and O–H groups in total. The number of aromatic nitrogens is 3. The topological polar surface area (TPSA) is 55.9 Å². The van der Waals surface area contributed by atoms with Gasteiger partial charge < -0.3 is 14.4 Å². The predicted octanol–water partition coefficient (Wildman–Crippen LogP) is 2.49. The SMILES string of the molecule is CCNCc1cccc2c1ccn2Cc1noc(C)n1. The molecule has 104 valence electrons. The summed E-state index contributed by atoms with van der Waals surface area (Å²) in [5, 5.41) is 8.59. The van der Waals surface area contributed by atoms with Crippen molar-refractivity contribution in [3.05, 3.63) is 47.7 Å². The molecule has 0 spiro atoms. The molecule has 0 aliphatic heterocycles. The van der Waals surface area contributed by atoms with E-state index >= 15 is 0 Å². The predicted molar refractivity (Wildman–Crippen MR) is 77.5 cm³/mol. The maximum absolute atomic E-state index is 5.02. The molecule has 3 rings (SSSR count). The third-order valence-corrected chi connectivity index (χ3v) is 3.35. The molecule has 0 amide bonds. The summed E-state index contributed by atoms with van der Waals surface area (Å²) in [6, 6.07) is 8.52. The van der Waals surface area contributed by atoms with Gasteiger partial charge in [-0.15, -0.1) is 0 Å². The van der Waals surface area contributed by atoms with E-state index in [1.807, 2.05) is 0 Å². The van der Waals surface area contributed by atoms with Crippen molar-refractivity contribution in [2.24, 2.45) is 0 Å². The van der Waals surface area contributed by atoms with Gasteiger partial charge in [-0.2, -0.15) is 4.98 Å². The lowest BCUT2D eigenvalue weighted by Crippen LogP contribution is -2.11. The van der Waals surface area contributed by atoms with Crippen LogP contribution in [0.15, 0.2) is 35.0 Å². The van der Waals surface area contributed by atoms with Gasteiger partial charge in [0, 0.05) is 30.6 Å². The van der Waals surface area contributed by atoms with Crippen LogP contribution in [-0.4, -0.2) is 21.3 Å². The van der Waals surface area contributed by atoms with Crippen LogP contribution in [0.4, 0.5) is 0 Å². The van der Waals surface area contributed by atoms with Crippen LogP contribution in [0.1, 0.15) is 24.2 Å². The van der Waals surface area contributed by atoms with Crippen LogP contribution in [0.2, 0.25) is 0 Å². The highest BCUT2D eigenvalue weighted by Crippen LogP contribution is 2.21. The van der Waals surface area contributed by atoms with Crippen molar-refractivity contribution in [2.75, 3.05) is 6.54 Å². The van der Waals surface area contributed by atoms with Gasteiger partial charge in [0.15, 0.2) is 5.82 Å². The van der Waals surface area contributed by atoms with Gasteiger partial charge in [0.25, 0.3) is 0 Å². The molecule has 2 aromatic heterocycles. The van der Waals surface area contributed by atoms with Crippen LogP contribution >= 0.6 is 0 Å². The Bertz CT molecular complexity index is 714. The van der Waals surface area contributed by atoms with Crippen LogP contribution in [-0.2, 0) is 13.1 Å². The van der Waals surface area contributed by atoms with Crippen molar-refractivity contribution in [2.45, 2.75) is 26.9 Å². The Hall–Kier alpha value is -2.14. The smallest absolute Gasteiger partial charge is 0.223 e. The van der Waals surface area contributed by atoms with Gasteiger partial charge in [0.1, 0.15) is 0 Å². The minimum Gasteiger partial charge on any atom is -0.340 e. The molecule has 0 saturated heterocycles. The van der Waals surface area contributed by atoms with Crippen LogP contribution in [0.3, 0.4) is 0 Å². The zero-order valence-electron chi connectivity index (χ0n) is 11.8. The highest BCUT2D eigenvalue weighted by atomic mass is 16.5. The van der Waals surface area contributed by atoms with Gasteiger partial charge in [-0.05, 0) is 24.2 Å². The van der Waals surface area contributed by atoms with Crippen LogP contribution in [0.5, 0.6) is 0 Å². The molecule has 0 radical (unpaired) electrons. The van der Waals surface area contributed by atoms with Crippen LogP contribution < -0.4 is 5.32 Å². The Kier molecular flexibility index (Phi) is 3.52. The van der Waals surface area contributed by atoms with E-state index in [1.54, 1.807) is 6.92 Å². The quantitative estimate of drug-likeness (QED) is 0.774. The van der Waals surface area contributed by atoms with E-state index in [-0.39, 0.29) is 0 Å². The Morgan fingerprint density at radius 2 is 2.20 bits per heavy atom. The molecule has 20 heavy (non-hydrogen) atoms. The van der Waals surface area contributed by atoms with E-state index in [0.29, 0.717) is 18.3 Å².